The Labute approximate surface area is 147 Å². The van der Waals surface area contributed by atoms with Crippen LogP contribution in [0.25, 0.3) is 0 Å². The summed E-state index contributed by atoms with van der Waals surface area (Å²) < 4.78 is 38.5. The lowest BCUT2D eigenvalue weighted by Crippen LogP contribution is -2.14. The van der Waals surface area contributed by atoms with Crippen LogP contribution >= 0.6 is 23.5 Å². The summed E-state index contributed by atoms with van der Waals surface area (Å²) in [7, 11) is 0. The van der Waals surface area contributed by atoms with Crippen LogP contribution in [0.15, 0.2) is 52.3 Å². The normalized spacial score (nSPS) is 11.4. The van der Waals surface area contributed by atoms with Crippen molar-refractivity contribution in [3.8, 4) is 0 Å². The van der Waals surface area contributed by atoms with E-state index in [2.05, 4.69) is 5.32 Å². The van der Waals surface area contributed by atoms with Crippen LogP contribution in [0.3, 0.4) is 0 Å². The Morgan fingerprint density at radius 3 is 2.33 bits per heavy atom. The van der Waals surface area contributed by atoms with Crippen LogP contribution in [0.1, 0.15) is 22.8 Å². The highest BCUT2D eigenvalue weighted by atomic mass is 32.2. The molecule has 128 valence electrons. The van der Waals surface area contributed by atoms with E-state index in [0.29, 0.717) is 16.3 Å². The molecular formula is C17H16F3NOS2. The minimum atomic E-state index is -4.42. The van der Waals surface area contributed by atoms with Crippen LogP contribution < -0.4 is 5.32 Å². The molecule has 0 heterocycles. The second-order valence-corrected chi connectivity index (χ2v) is 7.01. The number of halogens is 3. The van der Waals surface area contributed by atoms with E-state index < -0.39 is 17.6 Å². The second kappa shape index (κ2) is 7.98. The van der Waals surface area contributed by atoms with E-state index in [9.17, 15) is 18.0 Å². The van der Waals surface area contributed by atoms with E-state index in [1.165, 1.54) is 17.8 Å². The number of hydrogen-bond donors (Lipinski definition) is 1. The van der Waals surface area contributed by atoms with Gasteiger partial charge in [-0.1, -0.05) is 6.92 Å². The van der Waals surface area contributed by atoms with Gasteiger partial charge in [0.1, 0.15) is 0 Å². The lowest BCUT2D eigenvalue weighted by atomic mass is 10.1. The van der Waals surface area contributed by atoms with E-state index in [0.717, 1.165) is 17.0 Å². The molecule has 0 spiro atoms. The van der Waals surface area contributed by atoms with Gasteiger partial charge in [-0.25, -0.2) is 0 Å². The van der Waals surface area contributed by atoms with Gasteiger partial charge >= 0.3 is 6.18 Å². The molecule has 0 aromatic heterocycles. The summed E-state index contributed by atoms with van der Waals surface area (Å²) in [5, 5.41) is 2.72. The topological polar surface area (TPSA) is 29.1 Å². The molecule has 24 heavy (non-hydrogen) atoms. The fourth-order valence-electron chi connectivity index (χ4n) is 2.03. The Morgan fingerprint density at radius 2 is 1.79 bits per heavy atom. The largest absolute Gasteiger partial charge is 0.416 e. The Kier molecular flexibility index (Phi) is 6.23. The lowest BCUT2D eigenvalue weighted by Gasteiger charge is -2.13. The first-order valence-corrected chi connectivity index (χ1v) is 9.35. The average Bonchev–Trinajstić information content (AvgIpc) is 2.55. The van der Waals surface area contributed by atoms with Crippen molar-refractivity contribution in [2.75, 3.05) is 17.3 Å². The van der Waals surface area contributed by atoms with Gasteiger partial charge in [0.2, 0.25) is 0 Å². The van der Waals surface area contributed by atoms with Crippen LogP contribution in [0, 0.1) is 0 Å². The van der Waals surface area contributed by atoms with Crippen molar-refractivity contribution < 1.29 is 18.0 Å². The number of benzene rings is 2. The first-order valence-electron chi connectivity index (χ1n) is 7.14. The molecule has 0 radical (unpaired) electrons. The summed E-state index contributed by atoms with van der Waals surface area (Å²) in [5.74, 6) is 0.154. The number of nitrogens with one attached hydrogen (secondary N) is 1. The smallest absolute Gasteiger partial charge is 0.322 e. The molecule has 7 heteroatoms. The molecule has 1 N–H and O–H groups in total. The van der Waals surface area contributed by atoms with Gasteiger partial charge in [0, 0.05) is 15.5 Å². The molecule has 0 atom stereocenters. The maximum absolute atomic E-state index is 12.8. The zero-order valence-corrected chi connectivity index (χ0v) is 14.7. The predicted octanol–water partition coefficient (Wildman–Crippen LogP) is 5.79. The Bertz CT molecular complexity index is 715. The zero-order chi connectivity index (χ0) is 17.7. The number of amides is 1. The molecule has 0 aliphatic heterocycles. The molecule has 0 bridgehead atoms. The molecule has 0 unspecified atom stereocenters. The number of carbonyl (C=O) groups is 1. The summed E-state index contributed by atoms with van der Waals surface area (Å²) in [5.41, 5.74) is 0.0910. The standard InChI is InChI=1S/C17H16F3NOS2/c1-3-24-15-10-11(17(18,19)20)4-9-14(15)16(22)21-12-5-7-13(23-2)8-6-12/h4-10H,3H2,1-2H3,(H,21,22). The molecule has 0 aliphatic rings. The van der Waals surface area contributed by atoms with Crippen molar-refractivity contribution in [2.24, 2.45) is 0 Å². The molecule has 2 rings (SSSR count). The van der Waals surface area contributed by atoms with E-state index in [1.54, 1.807) is 23.9 Å². The number of alkyl halides is 3. The molecule has 0 aliphatic carbocycles. The summed E-state index contributed by atoms with van der Waals surface area (Å²) >= 11 is 2.80. The molecule has 0 saturated carbocycles. The predicted molar refractivity (Wildman–Crippen MR) is 94.0 cm³/mol. The summed E-state index contributed by atoms with van der Waals surface area (Å²) in [6.45, 7) is 1.83. The third kappa shape index (κ3) is 4.70. The Hall–Kier alpha value is -1.60. The molecule has 0 fully saturated rings. The van der Waals surface area contributed by atoms with Crippen molar-refractivity contribution in [1.29, 1.82) is 0 Å². The van der Waals surface area contributed by atoms with Gasteiger partial charge in [-0.15, -0.1) is 23.5 Å². The van der Waals surface area contributed by atoms with Gasteiger partial charge in [0.05, 0.1) is 11.1 Å². The fraction of sp³-hybridized carbons (Fsp3) is 0.235. The molecule has 2 nitrogen and oxygen atoms in total. The van der Waals surface area contributed by atoms with Crippen LogP contribution in [0.5, 0.6) is 0 Å². The van der Waals surface area contributed by atoms with Crippen LogP contribution in [0.4, 0.5) is 18.9 Å². The third-order valence-corrected chi connectivity index (χ3v) is 4.88. The van der Waals surface area contributed by atoms with E-state index in [4.69, 9.17) is 0 Å². The van der Waals surface area contributed by atoms with Crippen molar-refractivity contribution in [3.63, 3.8) is 0 Å². The van der Waals surface area contributed by atoms with Gasteiger partial charge in [-0.3, -0.25) is 4.79 Å². The quantitative estimate of drug-likeness (QED) is 0.674. The average molecular weight is 371 g/mol. The van der Waals surface area contributed by atoms with Crippen LogP contribution in [0.2, 0.25) is 0 Å². The van der Waals surface area contributed by atoms with Gasteiger partial charge in [0.15, 0.2) is 0 Å². The molecular weight excluding hydrogens is 355 g/mol. The Balaban J connectivity index is 2.26. The number of thioether (sulfide) groups is 2. The minimum Gasteiger partial charge on any atom is -0.322 e. The monoisotopic (exact) mass is 371 g/mol. The highest BCUT2D eigenvalue weighted by molar-refractivity contribution is 7.99. The van der Waals surface area contributed by atoms with E-state index in [-0.39, 0.29) is 5.56 Å². The van der Waals surface area contributed by atoms with Gasteiger partial charge in [0.25, 0.3) is 5.91 Å². The molecule has 2 aromatic rings. The summed E-state index contributed by atoms with van der Waals surface area (Å²) in [6, 6.07) is 10.5. The van der Waals surface area contributed by atoms with Gasteiger partial charge in [-0.2, -0.15) is 13.2 Å². The minimum absolute atomic E-state index is 0.240. The van der Waals surface area contributed by atoms with Gasteiger partial charge < -0.3 is 5.32 Å². The highest BCUT2D eigenvalue weighted by Crippen LogP contribution is 2.34. The van der Waals surface area contributed by atoms with Crippen LogP contribution in [-0.2, 0) is 6.18 Å². The number of carbonyl (C=O) groups excluding carboxylic acids is 1. The number of anilines is 1. The molecule has 2 aromatic carbocycles. The van der Waals surface area contributed by atoms with E-state index >= 15 is 0 Å². The van der Waals surface area contributed by atoms with Crippen molar-refractivity contribution in [2.45, 2.75) is 22.9 Å². The zero-order valence-electron chi connectivity index (χ0n) is 13.1. The first-order chi connectivity index (χ1) is 11.3. The molecule has 0 saturated heterocycles. The highest BCUT2D eigenvalue weighted by Gasteiger charge is 2.31. The lowest BCUT2D eigenvalue weighted by molar-refractivity contribution is -0.137. The van der Waals surface area contributed by atoms with Crippen molar-refractivity contribution >= 4 is 35.1 Å². The number of rotatable bonds is 5. The maximum Gasteiger partial charge on any atom is 0.416 e. The SMILES string of the molecule is CCSc1cc(C(F)(F)F)ccc1C(=O)Nc1ccc(SC)cc1. The number of hydrogen-bond acceptors (Lipinski definition) is 3. The third-order valence-electron chi connectivity index (χ3n) is 3.20. The van der Waals surface area contributed by atoms with Crippen molar-refractivity contribution in [3.05, 3.63) is 53.6 Å². The van der Waals surface area contributed by atoms with E-state index in [1.807, 2.05) is 25.3 Å². The molecule has 1 amide bonds. The van der Waals surface area contributed by atoms with Gasteiger partial charge in [-0.05, 0) is 54.5 Å². The second-order valence-electron chi connectivity index (χ2n) is 4.82. The van der Waals surface area contributed by atoms with Crippen LogP contribution in [-0.4, -0.2) is 17.9 Å². The summed E-state index contributed by atoms with van der Waals surface area (Å²) in [4.78, 5) is 13.8. The maximum atomic E-state index is 12.8. The first kappa shape index (κ1) is 18.7. The Morgan fingerprint density at radius 1 is 1.12 bits per heavy atom. The van der Waals surface area contributed by atoms with Crippen molar-refractivity contribution in [1.82, 2.24) is 0 Å². The summed E-state index contributed by atoms with van der Waals surface area (Å²) in [6.07, 6.45) is -2.48. The fourth-order valence-corrected chi connectivity index (χ4v) is 3.28.